The lowest BCUT2D eigenvalue weighted by Crippen LogP contribution is -1.96. The Kier molecular flexibility index (Phi) is 3.99. The number of nitrogens with zero attached hydrogens (tertiary/aromatic N) is 1. The number of benzene rings is 1. The van der Waals surface area contributed by atoms with Gasteiger partial charge < -0.3 is 19.1 Å². The summed E-state index contributed by atoms with van der Waals surface area (Å²) in [5, 5.41) is 12.4. The molecule has 1 N–H and O–H groups in total. The third-order valence-corrected chi connectivity index (χ3v) is 3.79. The zero-order chi connectivity index (χ0) is 14.9. The molecule has 20 heavy (non-hydrogen) atoms. The van der Waals surface area contributed by atoms with Crippen LogP contribution in [0.2, 0.25) is 0 Å². The van der Waals surface area contributed by atoms with Gasteiger partial charge in [-0.15, -0.1) is 0 Å². The zero-order valence-corrected chi connectivity index (χ0v) is 12.6. The summed E-state index contributed by atoms with van der Waals surface area (Å²) in [6.45, 7) is 1.87. The quantitative estimate of drug-likeness (QED) is 0.919. The van der Waals surface area contributed by atoms with Crippen molar-refractivity contribution >= 4 is 21.9 Å². The van der Waals surface area contributed by atoms with E-state index in [1.54, 1.807) is 13.2 Å². The first-order chi connectivity index (χ1) is 9.49. The van der Waals surface area contributed by atoms with Gasteiger partial charge in [-0.25, -0.2) is 4.79 Å². The number of hydrogen-bond acceptors (Lipinski definition) is 5. The van der Waals surface area contributed by atoms with Crippen LogP contribution in [-0.2, 0) is 0 Å². The third kappa shape index (κ3) is 2.36. The fourth-order valence-electron chi connectivity index (χ4n) is 1.80. The van der Waals surface area contributed by atoms with E-state index in [1.807, 2.05) is 6.92 Å². The number of carbonyl (C=O) groups is 1. The highest BCUT2D eigenvalue weighted by Gasteiger charge is 2.21. The van der Waals surface area contributed by atoms with E-state index in [-0.39, 0.29) is 5.69 Å². The number of hydrogen-bond donors (Lipinski definition) is 1. The Morgan fingerprint density at radius 2 is 2.05 bits per heavy atom. The van der Waals surface area contributed by atoms with Gasteiger partial charge >= 0.3 is 5.97 Å². The van der Waals surface area contributed by atoms with Gasteiger partial charge in [0.15, 0.2) is 11.5 Å². The van der Waals surface area contributed by atoms with Crippen molar-refractivity contribution in [3.8, 4) is 22.8 Å². The average molecular weight is 342 g/mol. The molecular weight excluding hydrogens is 330 g/mol. The minimum Gasteiger partial charge on any atom is -0.496 e. The van der Waals surface area contributed by atoms with E-state index in [4.69, 9.17) is 19.1 Å². The second-order valence-corrected chi connectivity index (χ2v) is 4.77. The summed E-state index contributed by atoms with van der Waals surface area (Å²) in [6, 6.07) is 3.05. The first kappa shape index (κ1) is 14.4. The number of carboxylic acids is 1. The average Bonchev–Trinajstić information content (AvgIpc) is 2.91. The highest BCUT2D eigenvalue weighted by atomic mass is 79.9. The van der Waals surface area contributed by atoms with Gasteiger partial charge in [-0.3, -0.25) is 0 Å². The molecule has 0 amide bonds. The van der Waals surface area contributed by atoms with E-state index in [9.17, 15) is 4.79 Å². The Morgan fingerprint density at radius 1 is 1.35 bits per heavy atom. The van der Waals surface area contributed by atoms with Gasteiger partial charge in [-0.2, -0.15) is 0 Å². The predicted molar refractivity (Wildman–Crippen MR) is 74.4 cm³/mol. The van der Waals surface area contributed by atoms with Crippen LogP contribution in [0.15, 0.2) is 21.1 Å². The number of ether oxygens (including phenoxy) is 2. The molecule has 1 aromatic heterocycles. The van der Waals surface area contributed by atoms with Crippen molar-refractivity contribution in [1.29, 1.82) is 0 Å². The highest BCUT2D eigenvalue weighted by Crippen LogP contribution is 2.43. The summed E-state index contributed by atoms with van der Waals surface area (Å²) in [7, 11) is 3.07. The molecule has 2 rings (SSSR count). The number of methoxy groups -OCH3 is 2. The third-order valence-electron chi connectivity index (χ3n) is 2.84. The molecule has 0 fully saturated rings. The van der Waals surface area contributed by atoms with Gasteiger partial charge in [0.1, 0.15) is 11.5 Å². The Morgan fingerprint density at radius 3 is 2.55 bits per heavy atom. The molecule has 0 aliphatic rings. The van der Waals surface area contributed by atoms with Gasteiger partial charge in [0.05, 0.1) is 24.3 Å². The molecule has 1 heterocycles. The summed E-state index contributed by atoms with van der Waals surface area (Å²) in [5.41, 5.74) is 1.26. The van der Waals surface area contributed by atoms with Crippen LogP contribution in [0.4, 0.5) is 0 Å². The molecule has 2 aromatic rings. The van der Waals surface area contributed by atoms with Gasteiger partial charge in [0.2, 0.25) is 0 Å². The molecule has 0 atom stereocenters. The van der Waals surface area contributed by atoms with Gasteiger partial charge in [0.25, 0.3) is 0 Å². The Hall–Kier alpha value is -2.02. The Labute approximate surface area is 123 Å². The lowest BCUT2D eigenvalue weighted by molar-refractivity contribution is 0.0686. The van der Waals surface area contributed by atoms with Crippen LogP contribution in [0.1, 0.15) is 16.1 Å². The van der Waals surface area contributed by atoms with Crippen molar-refractivity contribution < 1.29 is 23.9 Å². The van der Waals surface area contributed by atoms with E-state index in [0.29, 0.717) is 27.3 Å². The van der Waals surface area contributed by atoms with Crippen molar-refractivity contribution in [3.05, 3.63) is 27.9 Å². The second kappa shape index (κ2) is 5.54. The number of aromatic carboxylic acids is 1. The van der Waals surface area contributed by atoms with Crippen LogP contribution in [0.25, 0.3) is 11.3 Å². The molecule has 0 spiro atoms. The SMILES string of the molecule is COc1cc(-c2cc(C(=O)O)no2)c(OC)c(Br)c1C. The van der Waals surface area contributed by atoms with E-state index in [2.05, 4.69) is 21.1 Å². The molecular formula is C13H12BrNO5. The van der Waals surface area contributed by atoms with Gasteiger partial charge in [-0.1, -0.05) is 5.16 Å². The van der Waals surface area contributed by atoms with Crippen molar-refractivity contribution in [1.82, 2.24) is 5.16 Å². The van der Waals surface area contributed by atoms with Crippen LogP contribution in [-0.4, -0.2) is 30.5 Å². The fourth-order valence-corrected chi connectivity index (χ4v) is 2.37. The molecule has 0 aliphatic carbocycles. The smallest absolute Gasteiger partial charge is 0.358 e. The molecule has 106 valence electrons. The number of rotatable bonds is 4. The molecule has 0 unspecified atom stereocenters. The maximum absolute atomic E-state index is 10.9. The second-order valence-electron chi connectivity index (χ2n) is 3.98. The Balaban J connectivity index is 2.65. The topological polar surface area (TPSA) is 81.8 Å². The molecule has 0 bridgehead atoms. The number of halogens is 1. The summed E-state index contributed by atoms with van der Waals surface area (Å²) < 4.78 is 16.4. The van der Waals surface area contributed by atoms with Crippen LogP contribution in [0.3, 0.4) is 0 Å². The molecule has 0 radical (unpaired) electrons. The van der Waals surface area contributed by atoms with Gasteiger partial charge in [-0.05, 0) is 28.9 Å². The molecule has 0 saturated carbocycles. The van der Waals surface area contributed by atoms with Crippen LogP contribution in [0, 0.1) is 6.92 Å². The molecule has 1 aromatic carbocycles. The fraction of sp³-hybridized carbons (Fsp3) is 0.231. The lowest BCUT2D eigenvalue weighted by Gasteiger charge is -2.14. The maximum Gasteiger partial charge on any atom is 0.358 e. The summed E-state index contributed by atoms with van der Waals surface area (Å²) in [5.74, 6) is 0.285. The minimum atomic E-state index is -1.16. The lowest BCUT2D eigenvalue weighted by atomic mass is 10.1. The summed E-state index contributed by atoms with van der Waals surface area (Å²) >= 11 is 3.43. The molecule has 7 heteroatoms. The van der Waals surface area contributed by atoms with Crippen molar-refractivity contribution in [2.24, 2.45) is 0 Å². The monoisotopic (exact) mass is 341 g/mol. The summed E-state index contributed by atoms with van der Waals surface area (Å²) in [4.78, 5) is 10.9. The van der Waals surface area contributed by atoms with E-state index in [1.165, 1.54) is 13.2 Å². The van der Waals surface area contributed by atoms with Crippen molar-refractivity contribution in [2.45, 2.75) is 6.92 Å². The predicted octanol–water partition coefficient (Wildman–Crippen LogP) is 3.13. The molecule has 0 aliphatic heterocycles. The van der Waals surface area contributed by atoms with E-state index < -0.39 is 5.97 Å². The van der Waals surface area contributed by atoms with Crippen LogP contribution in [0.5, 0.6) is 11.5 Å². The standard InChI is InChI=1S/C13H12BrNO5/c1-6-9(18-2)4-7(12(19-3)11(6)14)10-5-8(13(16)17)15-20-10/h4-5H,1-3H3,(H,16,17). The Bertz CT molecular complexity index is 665. The van der Waals surface area contributed by atoms with Crippen LogP contribution >= 0.6 is 15.9 Å². The molecule has 0 saturated heterocycles. The number of aromatic nitrogens is 1. The van der Waals surface area contributed by atoms with E-state index in [0.717, 1.165) is 5.56 Å². The van der Waals surface area contributed by atoms with Gasteiger partial charge in [0, 0.05) is 11.6 Å². The van der Waals surface area contributed by atoms with Crippen molar-refractivity contribution in [3.63, 3.8) is 0 Å². The van der Waals surface area contributed by atoms with E-state index >= 15 is 0 Å². The molecule has 6 nitrogen and oxygen atoms in total. The maximum atomic E-state index is 10.9. The summed E-state index contributed by atoms with van der Waals surface area (Å²) in [6.07, 6.45) is 0. The first-order valence-corrected chi connectivity index (χ1v) is 6.40. The van der Waals surface area contributed by atoms with Crippen LogP contribution < -0.4 is 9.47 Å². The minimum absolute atomic E-state index is 0.169. The normalized spacial score (nSPS) is 10.4. The largest absolute Gasteiger partial charge is 0.496 e. The zero-order valence-electron chi connectivity index (χ0n) is 11.1. The van der Waals surface area contributed by atoms with Crippen molar-refractivity contribution in [2.75, 3.05) is 14.2 Å². The highest BCUT2D eigenvalue weighted by molar-refractivity contribution is 9.10. The number of carboxylic acid groups (broad SMARTS) is 1. The first-order valence-electron chi connectivity index (χ1n) is 5.61.